The molecule has 2 aromatic heterocycles. The molecule has 0 unspecified atom stereocenters. The first-order valence-electron chi connectivity index (χ1n) is 13.1. The number of hydroxylamine groups is 2. The van der Waals surface area contributed by atoms with Crippen LogP contribution in [0.25, 0.3) is 5.65 Å². The van der Waals surface area contributed by atoms with Crippen molar-refractivity contribution in [3.05, 3.63) is 36.3 Å². The van der Waals surface area contributed by atoms with Gasteiger partial charge in [-0.15, -0.1) is 0 Å². The van der Waals surface area contributed by atoms with Crippen LogP contribution in [0.1, 0.15) is 50.5 Å². The summed E-state index contributed by atoms with van der Waals surface area (Å²) >= 11 is 0. The van der Waals surface area contributed by atoms with Gasteiger partial charge in [-0.25, -0.2) is 9.78 Å². The molecule has 0 bridgehead atoms. The summed E-state index contributed by atoms with van der Waals surface area (Å²) < 4.78 is 1.89. The van der Waals surface area contributed by atoms with Crippen molar-refractivity contribution < 1.29 is 28.8 Å². The molecule has 12 nitrogen and oxygen atoms in total. The summed E-state index contributed by atoms with van der Waals surface area (Å²) in [4.78, 5) is 71.4. The molecule has 1 saturated carbocycles. The molecule has 204 valence electrons. The molecular formula is C26H34N6O6. The number of carbonyl (C=O) groups excluding carboxylic acids is 5. The van der Waals surface area contributed by atoms with Crippen LogP contribution in [-0.2, 0) is 30.4 Å². The third-order valence-corrected chi connectivity index (χ3v) is 7.36. The van der Waals surface area contributed by atoms with Crippen molar-refractivity contribution in [2.45, 2.75) is 57.4 Å². The monoisotopic (exact) mass is 526 g/mol. The van der Waals surface area contributed by atoms with Gasteiger partial charge >= 0.3 is 12.5 Å². The lowest BCUT2D eigenvalue weighted by Crippen LogP contribution is -2.52. The first-order valence-corrected chi connectivity index (χ1v) is 13.1. The van der Waals surface area contributed by atoms with Gasteiger partial charge in [0.05, 0.1) is 12.5 Å². The molecule has 0 aromatic carbocycles. The van der Waals surface area contributed by atoms with E-state index in [9.17, 15) is 24.0 Å². The standard InChI is InChI=1S/C26H34N6O6/c33-17-31(38-18-34)16-21(14-19-4-1-2-5-19)25(36)32-12-3-6-22(32)24(35)29-26(37)28-10-9-20-7-8-23-27-11-13-30(23)15-20/h7-8,11,13,15,17-19,21-22H,1-6,9-10,12,14,16H2,(H2,28,29,35,37)/t21-,22+/m1/s1. The minimum Gasteiger partial charge on any atom is -0.342 e. The number of hydrogen-bond donors (Lipinski definition) is 2. The van der Waals surface area contributed by atoms with Crippen molar-refractivity contribution in [3.8, 4) is 0 Å². The Hall–Kier alpha value is -3.96. The van der Waals surface area contributed by atoms with E-state index in [0.29, 0.717) is 51.1 Å². The zero-order chi connectivity index (χ0) is 26.9. The molecule has 2 aliphatic rings. The van der Waals surface area contributed by atoms with E-state index in [4.69, 9.17) is 0 Å². The Labute approximate surface area is 220 Å². The maximum atomic E-state index is 13.5. The van der Waals surface area contributed by atoms with Crippen molar-refractivity contribution >= 4 is 36.4 Å². The number of imide groups is 1. The number of amides is 5. The zero-order valence-corrected chi connectivity index (χ0v) is 21.3. The highest BCUT2D eigenvalue weighted by molar-refractivity contribution is 5.99. The van der Waals surface area contributed by atoms with E-state index in [1.165, 1.54) is 4.90 Å². The fraction of sp³-hybridized carbons (Fsp3) is 0.538. The highest BCUT2D eigenvalue weighted by Gasteiger charge is 2.39. The minimum absolute atomic E-state index is 0.0756. The summed E-state index contributed by atoms with van der Waals surface area (Å²) in [5, 5.41) is 5.88. The molecule has 1 aliphatic heterocycles. The Morgan fingerprint density at radius 2 is 1.97 bits per heavy atom. The Balaban J connectivity index is 1.31. The predicted molar refractivity (Wildman–Crippen MR) is 135 cm³/mol. The summed E-state index contributed by atoms with van der Waals surface area (Å²) in [5.41, 5.74) is 1.84. The van der Waals surface area contributed by atoms with Gasteiger partial charge in [0.2, 0.25) is 12.3 Å². The van der Waals surface area contributed by atoms with Gasteiger partial charge in [-0.05, 0) is 43.2 Å². The summed E-state index contributed by atoms with van der Waals surface area (Å²) in [6.45, 7) is 0.778. The van der Waals surface area contributed by atoms with Gasteiger partial charge in [-0.3, -0.25) is 24.5 Å². The van der Waals surface area contributed by atoms with Crippen LogP contribution in [-0.4, -0.2) is 75.8 Å². The molecule has 4 rings (SSSR count). The van der Waals surface area contributed by atoms with E-state index in [0.717, 1.165) is 42.0 Å². The van der Waals surface area contributed by atoms with Crippen LogP contribution < -0.4 is 10.6 Å². The lowest BCUT2D eigenvalue weighted by atomic mass is 9.91. The summed E-state index contributed by atoms with van der Waals surface area (Å²) in [5.74, 6) is -1.09. The maximum Gasteiger partial charge on any atom is 0.321 e. The van der Waals surface area contributed by atoms with Crippen LogP contribution in [0.2, 0.25) is 0 Å². The number of urea groups is 1. The lowest BCUT2D eigenvalue weighted by Gasteiger charge is -2.30. The Morgan fingerprint density at radius 3 is 2.74 bits per heavy atom. The van der Waals surface area contributed by atoms with Crippen molar-refractivity contribution in [2.24, 2.45) is 11.8 Å². The van der Waals surface area contributed by atoms with E-state index >= 15 is 0 Å². The lowest BCUT2D eigenvalue weighted by molar-refractivity contribution is -0.181. The third-order valence-electron chi connectivity index (χ3n) is 7.36. The van der Waals surface area contributed by atoms with E-state index < -0.39 is 23.9 Å². The summed E-state index contributed by atoms with van der Waals surface area (Å²) in [6, 6.07) is 2.43. The van der Waals surface area contributed by atoms with Gasteiger partial charge in [0.25, 0.3) is 5.91 Å². The normalized spacial score (nSPS) is 18.2. The van der Waals surface area contributed by atoms with Crippen molar-refractivity contribution in [1.29, 1.82) is 0 Å². The maximum absolute atomic E-state index is 13.5. The van der Waals surface area contributed by atoms with E-state index in [-0.39, 0.29) is 18.9 Å². The molecule has 2 aromatic rings. The van der Waals surface area contributed by atoms with E-state index in [1.807, 2.05) is 28.9 Å². The van der Waals surface area contributed by atoms with E-state index in [2.05, 4.69) is 20.5 Å². The number of hydrogen-bond acceptors (Lipinski definition) is 7. The molecule has 2 atom stereocenters. The average molecular weight is 527 g/mol. The second-order valence-corrected chi connectivity index (χ2v) is 9.90. The van der Waals surface area contributed by atoms with Crippen LogP contribution in [0.3, 0.4) is 0 Å². The van der Waals surface area contributed by atoms with Crippen molar-refractivity contribution in [1.82, 2.24) is 30.0 Å². The Bertz CT molecular complexity index is 1150. The number of aromatic nitrogens is 2. The number of rotatable bonds is 12. The Kier molecular flexibility index (Phi) is 9.28. The summed E-state index contributed by atoms with van der Waals surface area (Å²) in [7, 11) is 0. The van der Waals surface area contributed by atoms with Crippen LogP contribution in [0.5, 0.6) is 0 Å². The molecule has 38 heavy (non-hydrogen) atoms. The second-order valence-electron chi connectivity index (χ2n) is 9.90. The van der Waals surface area contributed by atoms with Gasteiger partial charge in [0.1, 0.15) is 11.7 Å². The van der Waals surface area contributed by atoms with Gasteiger partial charge in [0.15, 0.2) is 0 Å². The molecular weight excluding hydrogens is 492 g/mol. The van der Waals surface area contributed by atoms with Gasteiger partial charge in [0, 0.05) is 31.7 Å². The summed E-state index contributed by atoms with van der Waals surface area (Å²) in [6.07, 6.45) is 12.2. The minimum atomic E-state index is -0.778. The number of imidazole rings is 1. The van der Waals surface area contributed by atoms with Crippen LogP contribution >= 0.6 is 0 Å². The van der Waals surface area contributed by atoms with Crippen LogP contribution in [0.4, 0.5) is 4.79 Å². The van der Waals surface area contributed by atoms with E-state index in [1.54, 1.807) is 6.20 Å². The first kappa shape index (κ1) is 27.1. The van der Waals surface area contributed by atoms with Crippen LogP contribution in [0, 0.1) is 11.8 Å². The molecule has 1 aliphatic carbocycles. The van der Waals surface area contributed by atoms with Crippen molar-refractivity contribution in [3.63, 3.8) is 0 Å². The van der Waals surface area contributed by atoms with Gasteiger partial charge in [-0.1, -0.05) is 31.7 Å². The molecule has 0 radical (unpaired) electrons. The fourth-order valence-electron chi connectivity index (χ4n) is 5.50. The topological polar surface area (TPSA) is 142 Å². The number of fused-ring (bicyclic) bond motifs is 1. The SMILES string of the molecule is O=CON(C=O)C[C@@H](CC1CCCC1)C(=O)N1CCC[C@H]1C(=O)NC(=O)NCCc1ccc2nccn2c1. The molecule has 0 spiro atoms. The van der Waals surface area contributed by atoms with Gasteiger partial charge < -0.3 is 19.5 Å². The molecule has 5 amide bonds. The fourth-order valence-corrected chi connectivity index (χ4v) is 5.50. The first-order chi connectivity index (χ1) is 18.5. The number of nitrogens with one attached hydrogen (secondary N) is 2. The number of carbonyl (C=O) groups is 5. The molecule has 2 fully saturated rings. The Morgan fingerprint density at radius 1 is 1.16 bits per heavy atom. The molecule has 2 N–H and O–H groups in total. The highest BCUT2D eigenvalue weighted by Crippen LogP contribution is 2.32. The molecule has 1 saturated heterocycles. The molecule has 3 heterocycles. The van der Waals surface area contributed by atoms with Gasteiger partial charge in [-0.2, -0.15) is 5.06 Å². The van der Waals surface area contributed by atoms with Crippen molar-refractivity contribution in [2.75, 3.05) is 19.6 Å². The zero-order valence-electron chi connectivity index (χ0n) is 21.3. The number of pyridine rings is 1. The number of nitrogens with zero attached hydrogens (tertiary/aromatic N) is 4. The molecule has 12 heteroatoms. The predicted octanol–water partition coefficient (Wildman–Crippen LogP) is 1.44. The quantitative estimate of drug-likeness (QED) is 0.315. The number of likely N-dealkylation sites (tertiary alicyclic amines) is 1. The third kappa shape index (κ3) is 6.87. The van der Waals surface area contributed by atoms with Crippen LogP contribution in [0.15, 0.2) is 30.7 Å². The smallest absolute Gasteiger partial charge is 0.321 e. The average Bonchev–Trinajstić information content (AvgIpc) is 3.69. The largest absolute Gasteiger partial charge is 0.342 e. The second kappa shape index (κ2) is 13.0. The highest BCUT2D eigenvalue weighted by atomic mass is 16.7.